The molecular formula is C8H12NO3+. The fourth-order valence-electron chi connectivity index (χ4n) is 0.894. The van der Waals surface area contributed by atoms with Gasteiger partial charge in [0.15, 0.2) is 12.4 Å². The SMILES string of the molecule is CCc1cc[n+](COOO)cc1. The van der Waals surface area contributed by atoms with Crippen molar-refractivity contribution in [2.75, 3.05) is 0 Å². The van der Waals surface area contributed by atoms with E-state index in [9.17, 15) is 0 Å². The Balaban J connectivity index is 2.53. The van der Waals surface area contributed by atoms with Gasteiger partial charge in [0.1, 0.15) is 0 Å². The third-order valence-electron chi connectivity index (χ3n) is 1.62. The van der Waals surface area contributed by atoms with Crippen molar-refractivity contribution in [1.29, 1.82) is 0 Å². The zero-order valence-electron chi connectivity index (χ0n) is 6.93. The van der Waals surface area contributed by atoms with Crippen LogP contribution in [0.15, 0.2) is 24.5 Å². The van der Waals surface area contributed by atoms with Crippen LogP contribution in [0.25, 0.3) is 0 Å². The third-order valence-corrected chi connectivity index (χ3v) is 1.62. The molecule has 0 aliphatic carbocycles. The first-order valence-corrected chi connectivity index (χ1v) is 3.78. The number of rotatable bonds is 4. The van der Waals surface area contributed by atoms with E-state index in [4.69, 9.17) is 5.26 Å². The monoisotopic (exact) mass is 170 g/mol. The van der Waals surface area contributed by atoms with Crippen LogP contribution in [-0.2, 0) is 23.1 Å². The molecule has 1 rings (SSSR count). The summed E-state index contributed by atoms with van der Waals surface area (Å²) in [6, 6.07) is 3.97. The van der Waals surface area contributed by atoms with Crippen molar-refractivity contribution >= 4 is 0 Å². The van der Waals surface area contributed by atoms with Crippen molar-refractivity contribution in [3.8, 4) is 0 Å². The van der Waals surface area contributed by atoms with Crippen LogP contribution in [0.3, 0.4) is 0 Å². The lowest BCUT2D eigenvalue weighted by Crippen LogP contribution is -2.33. The molecule has 0 saturated carbocycles. The van der Waals surface area contributed by atoms with E-state index in [1.807, 2.05) is 24.5 Å². The zero-order valence-corrected chi connectivity index (χ0v) is 6.93. The molecule has 1 heterocycles. The summed E-state index contributed by atoms with van der Waals surface area (Å²) >= 11 is 0. The van der Waals surface area contributed by atoms with Gasteiger partial charge < -0.3 is 0 Å². The van der Waals surface area contributed by atoms with Gasteiger partial charge >= 0.3 is 0 Å². The van der Waals surface area contributed by atoms with Gasteiger partial charge in [-0.25, -0.2) is 5.26 Å². The Morgan fingerprint density at radius 3 is 2.58 bits per heavy atom. The van der Waals surface area contributed by atoms with Crippen molar-refractivity contribution < 1.29 is 19.8 Å². The Kier molecular flexibility index (Phi) is 3.66. The summed E-state index contributed by atoms with van der Waals surface area (Å²) in [5, 5.41) is 11.4. The van der Waals surface area contributed by atoms with Crippen molar-refractivity contribution in [2.45, 2.75) is 20.1 Å². The number of hydrogen-bond acceptors (Lipinski definition) is 3. The number of hydrogen-bond donors (Lipinski definition) is 1. The van der Waals surface area contributed by atoms with Crippen molar-refractivity contribution in [3.05, 3.63) is 30.1 Å². The van der Waals surface area contributed by atoms with E-state index in [0.29, 0.717) is 0 Å². The maximum Gasteiger partial charge on any atom is 0.284 e. The summed E-state index contributed by atoms with van der Waals surface area (Å²) < 4.78 is 1.75. The molecule has 0 aliphatic rings. The van der Waals surface area contributed by atoms with Crippen molar-refractivity contribution in [1.82, 2.24) is 0 Å². The molecule has 0 radical (unpaired) electrons. The predicted molar refractivity (Wildman–Crippen MR) is 40.8 cm³/mol. The Morgan fingerprint density at radius 2 is 2.08 bits per heavy atom. The fraction of sp³-hybridized carbons (Fsp3) is 0.375. The molecule has 1 aromatic heterocycles. The van der Waals surface area contributed by atoms with Crippen molar-refractivity contribution in [3.63, 3.8) is 0 Å². The molecule has 0 fully saturated rings. The molecule has 0 amide bonds. The van der Waals surface area contributed by atoms with Gasteiger partial charge in [-0.1, -0.05) is 12.0 Å². The maximum atomic E-state index is 7.89. The summed E-state index contributed by atoms with van der Waals surface area (Å²) in [5.74, 6) is 0. The summed E-state index contributed by atoms with van der Waals surface area (Å²) in [5.41, 5.74) is 1.26. The molecule has 0 atom stereocenters. The number of aromatic nitrogens is 1. The van der Waals surface area contributed by atoms with Gasteiger partial charge in [0.25, 0.3) is 6.73 Å². The highest BCUT2D eigenvalue weighted by atomic mass is 17.5. The highest BCUT2D eigenvalue weighted by Gasteiger charge is 1.99. The van der Waals surface area contributed by atoms with E-state index in [0.717, 1.165) is 6.42 Å². The average molecular weight is 170 g/mol. The van der Waals surface area contributed by atoms with E-state index in [1.165, 1.54) is 5.56 Å². The minimum absolute atomic E-state index is 0.181. The maximum absolute atomic E-state index is 7.89. The van der Waals surface area contributed by atoms with Gasteiger partial charge in [0.05, 0.1) is 0 Å². The Bertz CT molecular complexity index is 222. The van der Waals surface area contributed by atoms with Crippen LogP contribution in [0.2, 0.25) is 0 Å². The van der Waals surface area contributed by atoms with Crippen LogP contribution < -0.4 is 4.57 Å². The molecule has 4 nitrogen and oxygen atoms in total. The lowest BCUT2D eigenvalue weighted by molar-refractivity contribution is -0.771. The van der Waals surface area contributed by atoms with Crippen LogP contribution in [0, 0.1) is 0 Å². The van der Waals surface area contributed by atoms with Gasteiger partial charge in [-0.05, 0) is 12.0 Å². The van der Waals surface area contributed by atoms with E-state index in [2.05, 4.69) is 16.8 Å². The highest BCUT2D eigenvalue weighted by molar-refractivity contribution is 5.06. The lowest BCUT2D eigenvalue weighted by Gasteiger charge is -1.95. The van der Waals surface area contributed by atoms with Crippen LogP contribution >= 0.6 is 0 Å². The average Bonchev–Trinajstić information content (AvgIpc) is 2.15. The van der Waals surface area contributed by atoms with Crippen LogP contribution in [0.1, 0.15) is 12.5 Å². The summed E-state index contributed by atoms with van der Waals surface area (Å²) in [7, 11) is 0. The molecular weight excluding hydrogens is 158 g/mol. The van der Waals surface area contributed by atoms with E-state index in [1.54, 1.807) is 4.57 Å². The quantitative estimate of drug-likeness (QED) is 0.415. The van der Waals surface area contributed by atoms with Gasteiger partial charge in [-0.2, -0.15) is 4.57 Å². The topological polar surface area (TPSA) is 42.6 Å². The largest absolute Gasteiger partial charge is 0.284 e. The molecule has 0 saturated heterocycles. The van der Waals surface area contributed by atoms with Gasteiger partial charge in [-0.3, -0.25) is 0 Å². The smallest absolute Gasteiger partial charge is 0.221 e. The summed E-state index contributed by atoms with van der Waals surface area (Å²) in [6.45, 7) is 2.27. The molecule has 12 heavy (non-hydrogen) atoms. The predicted octanol–water partition coefficient (Wildman–Crippen LogP) is 0.915. The third kappa shape index (κ3) is 2.58. The second-order valence-electron chi connectivity index (χ2n) is 2.40. The Hall–Kier alpha value is -0.970. The first-order chi connectivity index (χ1) is 5.86. The standard InChI is InChI=1S/C8H11NO3/c1-2-8-3-5-9(6-4-8)7-11-12-10/h3-6H,2,7H2,1H3/p+1. The minimum Gasteiger partial charge on any atom is -0.221 e. The van der Waals surface area contributed by atoms with Crippen LogP contribution in [0.4, 0.5) is 0 Å². The molecule has 4 heteroatoms. The van der Waals surface area contributed by atoms with Gasteiger partial charge in [0, 0.05) is 12.1 Å². The van der Waals surface area contributed by atoms with Crippen LogP contribution in [-0.4, -0.2) is 5.26 Å². The molecule has 0 spiro atoms. The van der Waals surface area contributed by atoms with E-state index >= 15 is 0 Å². The molecule has 0 unspecified atom stereocenters. The molecule has 1 N–H and O–H groups in total. The second-order valence-corrected chi connectivity index (χ2v) is 2.40. The molecule has 66 valence electrons. The Labute approximate surface area is 70.8 Å². The number of nitrogens with zero attached hydrogens (tertiary/aromatic N) is 1. The summed E-state index contributed by atoms with van der Waals surface area (Å²) in [4.78, 5) is 4.31. The molecule has 0 aromatic carbocycles. The first kappa shape index (κ1) is 9.12. The number of aryl methyl sites for hydroxylation is 1. The highest BCUT2D eigenvalue weighted by Crippen LogP contribution is 1.94. The van der Waals surface area contributed by atoms with Gasteiger partial charge in [-0.15, -0.1) is 4.89 Å². The molecule has 0 bridgehead atoms. The Morgan fingerprint density at radius 1 is 1.42 bits per heavy atom. The lowest BCUT2D eigenvalue weighted by atomic mass is 10.2. The van der Waals surface area contributed by atoms with E-state index < -0.39 is 0 Å². The summed E-state index contributed by atoms with van der Waals surface area (Å²) in [6.07, 6.45) is 4.73. The van der Waals surface area contributed by atoms with Crippen molar-refractivity contribution in [2.24, 2.45) is 0 Å². The molecule has 1 aromatic rings. The zero-order chi connectivity index (χ0) is 8.81. The molecule has 0 aliphatic heterocycles. The normalized spacial score (nSPS) is 10.2. The van der Waals surface area contributed by atoms with E-state index in [-0.39, 0.29) is 6.73 Å². The van der Waals surface area contributed by atoms with Crippen LogP contribution in [0.5, 0.6) is 0 Å². The number of pyridine rings is 1. The first-order valence-electron chi connectivity index (χ1n) is 3.78. The minimum atomic E-state index is 0.181. The second kappa shape index (κ2) is 4.82. The fourth-order valence-corrected chi connectivity index (χ4v) is 0.894. The van der Waals surface area contributed by atoms with Gasteiger partial charge in [0.2, 0.25) is 0 Å².